The molecule has 0 aliphatic heterocycles. The third-order valence-corrected chi connectivity index (χ3v) is 5.42. The molecular formula is C24H27N3O2S. The molecule has 0 amide bonds. The molecule has 0 aliphatic rings. The van der Waals surface area contributed by atoms with Crippen LogP contribution in [0.3, 0.4) is 0 Å². The second-order valence-electron chi connectivity index (χ2n) is 6.89. The second-order valence-corrected chi connectivity index (χ2v) is 7.73. The van der Waals surface area contributed by atoms with Gasteiger partial charge in [0.25, 0.3) is 0 Å². The predicted octanol–water partition coefficient (Wildman–Crippen LogP) is 5.16. The lowest BCUT2D eigenvalue weighted by atomic mass is 10.1. The topological polar surface area (TPSA) is 48.1 Å². The largest absolute Gasteiger partial charge is 0.497 e. The van der Waals surface area contributed by atoms with Crippen molar-refractivity contribution >= 4 is 17.6 Å². The minimum atomic E-state index is 0.556. The summed E-state index contributed by atoms with van der Waals surface area (Å²) < 4.78 is 12.8. The zero-order chi connectivity index (χ0) is 21.5. The van der Waals surface area contributed by atoms with E-state index < -0.39 is 0 Å². The maximum atomic E-state index is 5.61. The van der Waals surface area contributed by atoms with Crippen molar-refractivity contribution in [1.82, 2.24) is 4.68 Å². The van der Waals surface area contributed by atoms with Crippen LogP contribution in [0.5, 0.6) is 11.5 Å². The molecule has 5 nitrogen and oxygen atoms in total. The summed E-state index contributed by atoms with van der Waals surface area (Å²) in [6, 6.07) is 14.2. The van der Waals surface area contributed by atoms with Gasteiger partial charge in [-0.15, -0.1) is 11.3 Å². The summed E-state index contributed by atoms with van der Waals surface area (Å²) >= 11 is 1.54. The number of methoxy groups -OCH3 is 2. The van der Waals surface area contributed by atoms with E-state index in [0.717, 1.165) is 45.1 Å². The molecule has 1 heterocycles. The molecule has 0 saturated heterocycles. The van der Waals surface area contributed by atoms with Gasteiger partial charge in [0.1, 0.15) is 11.5 Å². The van der Waals surface area contributed by atoms with Gasteiger partial charge in [0, 0.05) is 17.0 Å². The lowest BCUT2D eigenvalue weighted by Crippen LogP contribution is -2.13. The first-order valence-corrected chi connectivity index (χ1v) is 10.6. The van der Waals surface area contributed by atoms with Gasteiger partial charge in [-0.2, -0.15) is 5.10 Å². The van der Waals surface area contributed by atoms with Crippen molar-refractivity contribution in [2.24, 2.45) is 10.1 Å². The highest BCUT2D eigenvalue weighted by atomic mass is 32.1. The van der Waals surface area contributed by atoms with Crippen LogP contribution in [0.25, 0.3) is 11.3 Å². The van der Waals surface area contributed by atoms with Gasteiger partial charge in [-0.1, -0.05) is 43.3 Å². The maximum Gasteiger partial charge on any atom is 0.206 e. The van der Waals surface area contributed by atoms with E-state index in [0.29, 0.717) is 6.54 Å². The molecule has 156 valence electrons. The zero-order valence-electron chi connectivity index (χ0n) is 17.9. The number of aryl methyl sites for hydroxylation is 1. The third-order valence-electron chi connectivity index (χ3n) is 4.56. The summed E-state index contributed by atoms with van der Waals surface area (Å²) in [4.78, 5) is 5.48. The first-order valence-electron chi connectivity index (χ1n) is 9.76. The average Bonchev–Trinajstić information content (AvgIpc) is 3.18. The van der Waals surface area contributed by atoms with E-state index in [2.05, 4.69) is 42.8 Å². The quantitative estimate of drug-likeness (QED) is 0.373. The first kappa shape index (κ1) is 21.6. The number of rotatable bonds is 8. The summed E-state index contributed by atoms with van der Waals surface area (Å²) in [5.74, 6) is 1.46. The molecule has 0 atom stereocenters. The fourth-order valence-electron chi connectivity index (χ4n) is 2.88. The van der Waals surface area contributed by atoms with E-state index in [1.54, 1.807) is 14.2 Å². The molecule has 0 unspecified atom stereocenters. The number of thiazole rings is 1. The van der Waals surface area contributed by atoms with E-state index >= 15 is 0 Å². The van der Waals surface area contributed by atoms with Gasteiger partial charge in [0.2, 0.25) is 4.80 Å². The van der Waals surface area contributed by atoms with E-state index in [9.17, 15) is 0 Å². The molecule has 0 bridgehead atoms. The molecule has 0 N–H and O–H groups in total. The Morgan fingerprint density at radius 2 is 1.90 bits per heavy atom. The molecule has 2 aromatic carbocycles. The molecule has 3 aromatic rings. The van der Waals surface area contributed by atoms with Crippen molar-refractivity contribution in [3.05, 3.63) is 75.9 Å². The van der Waals surface area contributed by atoms with Crippen molar-refractivity contribution in [2.75, 3.05) is 20.8 Å². The fourth-order valence-corrected chi connectivity index (χ4v) is 3.71. The minimum Gasteiger partial charge on any atom is -0.497 e. The van der Waals surface area contributed by atoms with Crippen molar-refractivity contribution in [3.63, 3.8) is 0 Å². The Hall–Kier alpha value is -3.12. The molecule has 30 heavy (non-hydrogen) atoms. The summed E-state index contributed by atoms with van der Waals surface area (Å²) in [7, 11) is 3.29. The van der Waals surface area contributed by atoms with Crippen LogP contribution in [0.15, 0.2) is 70.1 Å². The number of hydrogen-bond donors (Lipinski definition) is 0. The number of hydrogen-bond acceptors (Lipinski definition) is 5. The van der Waals surface area contributed by atoms with Crippen LogP contribution in [0.1, 0.15) is 25.0 Å². The summed E-state index contributed by atoms with van der Waals surface area (Å²) in [5, 5.41) is 6.80. The normalized spacial score (nSPS) is 11.8. The van der Waals surface area contributed by atoms with E-state index in [4.69, 9.17) is 14.6 Å². The summed E-state index contributed by atoms with van der Waals surface area (Å²) in [6.07, 6.45) is 2.87. The third kappa shape index (κ3) is 5.07. The summed E-state index contributed by atoms with van der Waals surface area (Å²) in [6.45, 7) is 8.62. The van der Waals surface area contributed by atoms with Crippen molar-refractivity contribution in [2.45, 2.75) is 20.3 Å². The first-order chi connectivity index (χ1) is 14.5. The van der Waals surface area contributed by atoms with Crippen LogP contribution in [0.4, 0.5) is 0 Å². The molecule has 0 fully saturated rings. The van der Waals surface area contributed by atoms with Crippen molar-refractivity contribution < 1.29 is 9.47 Å². The minimum absolute atomic E-state index is 0.556. The average molecular weight is 422 g/mol. The van der Waals surface area contributed by atoms with Crippen LogP contribution in [-0.4, -0.2) is 31.7 Å². The number of ether oxygens (including phenoxy) is 2. The Labute approximate surface area is 181 Å². The van der Waals surface area contributed by atoms with Crippen LogP contribution >= 0.6 is 11.3 Å². The van der Waals surface area contributed by atoms with Crippen molar-refractivity contribution in [3.8, 4) is 22.8 Å². The number of aromatic nitrogens is 1. The molecule has 0 radical (unpaired) electrons. The zero-order valence-corrected chi connectivity index (χ0v) is 18.7. The Balaban J connectivity index is 2.09. The lowest BCUT2D eigenvalue weighted by molar-refractivity contribution is 0.395. The lowest BCUT2D eigenvalue weighted by Gasteiger charge is -2.11. The molecule has 6 heteroatoms. The van der Waals surface area contributed by atoms with Gasteiger partial charge in [-0.05, 0) is 36.6 Å². The molecule has 3 rings (SSSR count). The second kappa shape index (κ2) is 10.1. The van der Waals surface area contributed by atoms with E-state index in [1.165, 1.54) is 16.9 Å². The van der Waals surface area contributed by atoms with Crippen LogP contribution in [0.2, 0.25) is 0 Å². The molecule has 0 saturated carbocycles. The molecule has 0 aliphatic carbocycles. The number of nitrogens with zero attached hydrogens (tertiary/aromatic N) is 3. The van der Waals surface area contributed by atoms with Gasteiger partial charge in [0.05, 0.1) is 32.7 Å². The Morgan fingerprint density at radius 1 is 1.13 bits per heavy atom. The van der Waals surface area contributed by atoms with Gasteiger partial charge in [-0.25, -0.2) is 4.68 Å². The highest BCUT2D eigenvalue weighted by molar-refractivity contribution is 7.07. The predicted molar refractivity (Wildman–Crippen MR) is 125 cm³/mol. The van der Waals surface area contributed by atoms with E-state index in [1.807, 2.05) is 41.4 Å². The smallest absolute Gasteiger partial charge is 0.206 e. The van der Waals surface area contributed by atoms with Crippen LogP contribution in [0, 0.1) is 0 Å². The molecule has 1 aromatic heterocycles. The van der Waals surface area contributed by atoms with Gasteiger partial charge < -0.3 is 9.47 Å². The number of benzene rings is 2. The SMILES string of the molecule is C=C(C)CN=c1scc(-c2ccc(OC)cc2OC)n1N=Cc1ccc(CC)cc1. The maximum absolute atomic E-state index is 5.61. The van der Waals surface area contributed by atoms with Crippen LogP contribution < -0.4 is 14.3 Å². The van der Waals surface area contributed by atoms with Gasteiger partial charge in [0.15, 0.2) is 0 Å². The Morgan fingerprint density at radius 3 is 2.53 bits per heavy atom. The fraction of sp³-hybridized carbons (Fsp3) is 0.250. The Kier molecular flexibility index (Phi) is 7.25. The standard InChI is InChI=1S/C24H27N3O2S/c1-6-18-7-9-19(10-8-18)15-26-27-22(16-30-24(27)25-14-17(2)3)21-12-11-20(28-4)13-23(21)29-5/h7-13,15-16H,2,6,14H2,1,3-5H3. The van der Waals surface area contributed by atoms with Gasteiger partial charge >= 0.3 is 0 Å². The summed E-state index contributed by atoms with van der Waals surface area (Å²) in [5.41, 5.74) is 5.16. The monoisotopic (exact) mass is 421 g/mol. The van der Waals surface area contributed by atoms with Crippen LogP contribution in [-0.2, 0) is 6.42 Å². The highest BCUT2D eigenvalue weighted by Crippen LogP contribution is 2.33. The van der Waals surface area contributed by atoms with Crippen molar-refractivity contribution in [1.29, 1.82) is 0 Å². The highest BCUT2D eigenvalue weighted by Gasteiger charge is 2.13. The molecular weight excluding hydrogens is 394 g/mol. The van der Waals surface area contributed by atoms with Gasteiger partial charge in [-0.3, -0.25) is 4.99 Å². The Bertz CT molecular complexity index is 1110. The molecule has 0 spiro atoms. The van der Waals surface area contributed by atoms with E-state index in [-0.39, 0.29) is 0 Å².